The number of nitrogens with zero attached hydrogens (tertiary/aromatic N) is 5. The molecule has 0 spiro atoms. The van der Waals surface area contributed by atoms with E-state index in [1.807, 2.05) is 30.3 Å². The molecule has 1 unspecified atom stereocenters. The van der Waals surface area contributed by atoms with Gasteiger partial charge in [0.15, 0.2) is 0 Å². The van der Waals surface area contributed by atoms with Crippen LogP contribution in [0, 0.1) is 11.8 Å². The lowest BCUT2D eigenvalue weighted by molar-refractivity contribution is -0.127. The minimum atomic E-state index is 0.180. The molecule has 0 bridgehead atoms. The van der Waals surface area contributed by atoms with Gasteiger partial charge in [0.25, 0.3) is 0 Å². The Balaban J connectivity index is 1.28. The van der Waals surface area contributed by atoms with E-state index in [0.29, 0.717) is 11.7 Å². The molecule has 1 N–H and O–H groups in total. The van der Waals surface area contributed by atoms with E-state index in [0.717, 1.165) is 57.4 Å². The Kier molecular flexibility index (Phi) is 8.37. The lowest BCUT2D eigenvalue weighted by Crippen LogP contribution is -2.44. The lowest BCUT2D eigenvalue weighted by atomic mass is 9.94. The van der Waals surface area contributed by atoms with Crippen LogP contribution in [0.2, 0.25) is 0 Å². The van der Waals surface area contributed by atoms with Crippen LogP contribution in [0.3, 0.4) is 0 Å². The first-order valence-corrected chi connectivity index (χ1v) is 11.4. The smallest absolute Gasteiger partial charge is 0.223 e. The van der Waals surface area contributed by atoms with Crippen LogP contribution in [-0.4, -0.2) is 56.7 Å². The summed E-state index contributed by atoms with van der Waals surface area (Å²) >= 11 is 0. The standard InChI is InChI=1S/C23H36N6O/c1-18(2)19(3)24-23(30)21-12-16-28(17-13-21)14-8-5-9-15-29-26-22(25-27-29)20-10-6-4-7-11-20/h4,6-7,10-11,18-19,21H,5,8-9,12-17H2,1-3H3,(H,24,30). The summed E-state index contributed by atoms with van der Waals surface area (Å²) in [6.45, 7) is 10.4. The number of rotatable bonds is 10. The predicted octanol–water partition coefficient (Wildman–Crippen LogP) is 3.38. The fraction of sp³-hybridized carbons (Fsp3) is 0.652. The first kappa shape index (κ1) is 22.4. The number of likely N-dealkylation sites (tertiary alicyclic amines) is 1. The molecule has 0 aliphatic carbocycles. The van der Waals surface area contributed by atoms with E-state index in [-0.39, 0.29) is 17.9 Å². The first-order chi connectivity index (χ1) is 14.5. The Bertz CT molecular complexity index is 767. The second-order valence-corrected chi connectivity index (χ2v) is 8.79. The van der Waals surface area contributed by atoms with E-state index in [1.165, 1.54) is 6.42 Å². The molecule has 7 heteroatoms. The maximum atomic E-state index is 12.4. The summed E-state index contributed by atoms with van der Waals surface area (Å²) in [7, 11) is 0. The van der Waals surface area contributed by atoms with Crippen LogP contribution < -0.4 is 5.32 Å². The zero-order valence-corrected chi connectivity index (χ0v) is 18.6. The number of aryl methyl sites for hydroxylation is 1. The molecular formula is C23H36N6O. The van der Waals surface area contributed by atoms with Gasteiger partial charge in [-0.1, -0.05) is 50.6 Å². The van der Waals surface area contributed by atoms with Crippen LogP contribution >= 0.6 is 0 Å². The summed E-state index contributed by atoms with van der Waals surface area (Å²) in [4.78, 5) is 16.6. The number of carbonyl (C=O) groups is 1. The maximum Gasteiger partial charge on any atom is 0.223 e. The second kappa shape index (κ2) is 11.2. The number of hydrogen-bond donors (Lipinski definition) is 1. The van der Waals surface area contributed by atoms with Gasteiger partial charge in [-0.3, -0.25) is 4.79 Å². The van der Waals surface area contributed by atoms with Crippen LogP contribution in [0.25, 0.3) is 11.4 Å². The number of aromatic nitrogens is 4. The Morgan fingerprint density at radius 3 is 2.47 bits per heavy atom. The minimum Gasteiger partial charge on any atom is -0.353 e. The molecule has 1 amide bonds. The highest BCUT2D eigenvalue weighted by atomic mass is 16.1. The number of benzene rings is 1. The van der Waals surface area contributed by atoms with Gasteiger partial charge in [-0.05, 0) is 63.4 Å². The topological polar surface area (TPSA) is 75.9 Å². The van der Waals surface area contributed by atoms with Crippen molar-refractivity contribution in [3.05, 3.63) is 30.3 Å². The highest BCUT2D eigenvalue weighted by molar-refractivity contribution is 5.79. The number of unbranched alkanes of at least 4 members (excludes halogenated alkanes) is 2. The van der Waals surface area contributed by atoms with Crippen LogP contribution in [-0.2, 0) is 11.3 Å². The summed E-state index contributed by atoms with van der Waals surface area (Å²) in [6.07, 6.45) is 5.32. The van der Waals surface area contributed by atoms with Crippen molar-refractivity contribution in [2.45, 2.75) is 65.5 Å². The molecule has 1 aliphatic heterocycles. The molecule has 1 aliphatic rings. The molecule has 0 saturated carbocycles. The van der Waals surface area contributed by atoms with Gasteiger partial charge >= 0.3 is 0 Å². The van der Waals surface area contributed by atoms with Gasteiger partial charge in [0, 0.05) is 17.5 Å². The van der Waals surface area contributed by atoms with Gasteiger partial charge in [0.1, 0.15) is 0 Å². The van der Waals surface area contributed by atoms with E-state index >= 15 is 0 Å². The second-order valence-electron chi connectivity index (χ2n) is 8.79. The predicted molar refractivity (Wildman–Crippen MR) is 119 cm³/mol. The SMILES string of the molecule is CC(C)C(C)NC(=O)C1CCN(CCCCCn2nnc(-c3ccccc3)n2)CC1. The molecule has 0 radical (unpaired) electrons. The van der Waals surface area contributed by atoms with Crippen molar-refractivity contribution in [3.8, 4) is 11.4 Å². The van der Waals surface area contributed by atoms with E-state index in [9.17, 15) is 4.79 Å². The monoisotopic (exact) mass is 412 g/mol. The molecule has 2 heterocycles. The van der Waals surface area contributed by atoms with E-state index in [2.05, 4.69) is 46.4 Å². The van der Waals surface area contributed by atoms with Crippen molar-refractivity contribution in [1.29, 1.82) is 0 Å². The minimum absolute atomic E-state index is 0.180. The molecule has 1 fully saturated rings. The zero-order chi connectivity index (χ0) is 21.3. The van der Waals surface area contributed by atoms with Crippen LogP contribution in [0.5, 0.6) is 0 Å². The Morgan fingerprint density at radius 2 is 1.77 bits per heavy atom. The summed E-state index contributed by atoms with van der Waals surface area (Å²) < 4.78 is 0. The van der Waals surface area contributed by atoms with E-state index in [4.69, 9.17) is 0 Å². The molecule has 1 aromatic carbocycles. The van der Waals surface area contributed by atoms with Crippen molar-refractivity contribution in [1.82, 2.24) is 30.4 Å². The molecule has 3 rings (SSSR count). The quantitative estimate of drug-likeness (QED) is 0.606. The Labute approximate surface area is 180 Å². The third kappa shape index (κ3) is 6.62. The van der Waals surface area contributed by atoms with Crippen LogP contribution in [0.1, 0.15) is 52.9 Å². The average Bonchev–Trinajstić information content (AvgIpc) is 3.23. The van der Waals surface area contributed by atoms with Gasteiger partial charge in [-0.15, -0.1) is 10.2 Å². The number of nitrogens with one attached hydrogen (secondary N) is 1. The molecule has 7 nitrogen and oxygen atoms in total. The third-order valence-corrected chi connectivity index (χ3v) is 6.15. The number of carbonyl (C=O) groups excluding carboxylic acids is 1. The molecule has 164 valence electrons. The van der Waals surface area contributed by atoms with Gasteiger partial charge in [0.2, 0.25) is 11.7 Å². The van der Waals surface area contributed by atoms with Gasteiger partial charge in [0.05, 0.1) is 6.54 Å². The first-order valence-electron chi connectivity index (χ1n) is 11.4. The van der Waals surface area contributed by atoms with Gasteiger partial charge in [-0.25, -0.2) is 0 Å². The van der Waals surface area contributed by atoms with Crippen LogP contribution in [0.4, 0.5) is 0 Å². The molecule has 1 atom stereocenters. The molecule has 1 aromatic heterocycles. The number of hydrogen-bond acceptors (Lipinski definition) is 5. The van der Waals surface area contributed by atoms with Crippen molar-refractivity contribution in [2.75, 3.05) is 19.6 Å². The fourth-order valence-electron chi connectivity index (χ4n) is 3.73. The molecule has 2 aromatic rings. The molecule has 1 saturated heterocycles. The van der Waals surface area contributed by atoms with Crippen molar-refractivity contribution >= 4 is 5.91 Å². The maximum absolute atomic E-state index is 12.4. The Hall–Kier alpha value is -2.28. The van der Waals surface area contributed by atoms with Crippen molar-refractivity contribution < 1.29 is 4.79 Å². The van der Waals surface area contributed by atoms with E-state index in [1.54, 1.807) is 4.80 Å². The average molecular weight is 413 g/mol. The number of piperidine rings is 1. The normalized spacial score (nSPS) is 16.7. The highest BCUT2D eigenvalue weighted by Crippen LogP contribution is 2.19. The van der Waals surface area contributed by atoms with Crippen LogP contribution in [0.15, 0.2) is 30.3 Å². The van der Waals surface area contributed by atoms with Gasteiger partial charge in [-0.2, -0.15) is 4.80 Å². The van der Waals surface area contributed by atoms with Crippen molar-refractivity contribution in [2.24, 2.45) is 11.8 Å². The van der Waals surface area contributed by atoms with Crippen molar-refractivity contribution in [3.63, 3.8) is 0 Å². The summed E-state index contributed by atoms with van der Waals surface area (Å²) in [5, 5.41) is 16.0. The molecular weight excluding hydrogens is 376 g/mol. The largest absolute Gasteiger partial charge is 0.353 e. The molecule has 30 heavy (non-hydrogen) atoms. The Morgan fingerprint density at radius 1 is 1.07 bits per heavy atom. The lowest BCUT2D eigenvalue weighted by Gasteiger charge is -2.32. The summed E-state index contributed by atoms with van der Waals surface area (Å²) in [5.41, 5.74) is 1.000. The third-order valence-electron chi connectivity index (χ3n) is 6.15. The number of tetrazole rings is 1. The zero-order valence-electron chi connectivity index (χ0n) is 18.6. The number of amides is 1. The summed E-state index contributed by atoms with van der Waals surface area (Å²) in [5.74, 6) is 1.59. The highest BCUT2D eigenvalue weighted by Gasteiger charge is 2.25. The van der Waals surface area contributed by atoms with Gasteiger partial charge < -0.3 is 10.2 Å². The fourth-order valence-corrected chi connectivity index (χ4v) is 3.73. The summed E-state index contributed by atoms with van der Waals surface area (Å²) in [6, 6.07) is 10.2. The van der Waals surface area contributed by atoms with E-state index < -0.39 is 0 Å².